The van der Waals surface area contributed by atoms with Crippen molar-refractivity contribution in [1.82, 2.24) is 19.8 Å². The van der Waals surface area contributed by atoms with Crippen LogP contribution in [0.5, 0.6) is 0 Å². The van der Waals surface area contributed by atoms with Crippen LogP contribution in [0.3, 0.4) is 0 Å². The Morgan fingerprint density at radius 1 is 0.569 bits per heavy atom. The van der Waals surface area contributed by atoms with E-state index in [4.69, 9.17) is 34.8 Å². The van der Waals surface area contributed by atoms with Gasteiger partial charge in [-0.15, -0.1) is 0 Å². The summed E-state index contributed by atoms with van der Waals surface area (Å²) < 4.78 is 0. The van der Waals surface area contributed by atoms with E-state index in [1.165, 1.54) is 9.80 Å². The van der Waals surface area contributed by atoms with E-state index in [9.17, 15) is 19.2 Å². The number of para-hydroxylation sites is 2. The van der Waals surface area contributed by atoms with E-state index in [2.05, 4.69) is 16.5 Å². The third-order valence-corrected chi connectivity index (χ3v) is 10.1. The molecule has 0 saturated heterocycles. The molecule has 51 heavy (non-hydrogen) atoms. The summed E-state index contributed by atoms with van der Waals surface area (Å²) >= 11 is 18.7. The fourth-order valence-corrected chi connectivity index (χ4v) is 7.28. The zero-order valence-corrected chi connectivity index (χ0v) is 29.5. The van der Waals surface area contributed by atoms with Crippen LogP contribution in [0.2, 0.25) is 15.2 Å². The van der Waals surface area contributed by atoms with Gasteiger partial charge in [0.15, 0.2) is 0 Å². The zero-order valence-electron chi connectivity index (χ0n) is 27.2. The molecule has 2 aliphatic rings. The number of carbonyl (C=O) groups is 4. The molecule has 8 nitrogen and oxygen atoms in total. The van der Waals surface area contributed by atoms with Crippen molar-refractivity contribution < 1.29 is 19.2 Å². The van der Waals surface area contributed by atoms with E-state index in [0.29, 0.717) is 54.6 Å². The first-order chi connectivity index (χ1) is 24.5. The Morgan fingerprint density at radius 2 is 0.961 bits per heavy atom. The fraction of sp³-hybridized carbons (Fsp3) is 0.100. The number of rotatable bonds is 5. The summed E-state index contributed by atoms with van der Waals surface area (Å²) in [6, 6.07) is 27.3. The van der Waals surface area contributed by atoms with Gasteiger partial charge >= 0.3 is 0 Å². The van der Waals surface area contributed by atoms with E-state index < -0.39 is 12.1 Å². The van der Waals surface area contributed by atoms with Crippen molar-refractivity contribution in [3.05, 3.63) is 158 Å². The molecular formula is C40H27Cl3N4O4. The summed E-state index contributed by atoms with van der Waals surface area (Å²) in [7, 11) is 0. The lowest BCUT2D eigenvalue weighted by Gasteiger charge is -2.24. The molecule has 2 aliphatic heterocycles. The summed E-state index contributed by atoms with van der Waals surface area (Å²) in [6.45, 7) is 7.41. The van der Waals surface area contributed by atoms with Crippen LogP contribution in [-0.2, 0) is 0 Å². The van der Waals surface area contributed by atoms with Gasteiger partial charge in [0.05, 0.1) is 61.1 Å². The maximum absolute atomic E-state index is 12.8. The average molecular weight is 734 g/mol. The van der Waals surface area contributed by atoms with Gasteiger partial charge in [-0.25, -0.2) is 9.97 Å². The highest BCUT2D eigenvalue weighted by molar-refractivity contribution is 6.36. The molecular weight excluding hydrogens is 707 g/mol. The second-order valence-corrected chi connectivity index (χ2v) is 13.2. The second-order valence-electron chi connectivity index (χ2n) is 12.1. The first-order valence-electron chi connectivity index (χ1n) is 15.9. The topological polar surface area (TPSA) is 101 Å². The molecule has 11 heteroatoms. The molecule has 4 amide bonds. The molecule has 2 aromatic heterocycles. The third kappa shape index (κ3) is 5.75. The number of nitrogens with zero attached hydrogens (tertiary/aromatic N) is 4. The van der Waals surface area contributed by atoms with Crippen molar-refractivity contribution in [1.29, 1.82) is 0 Å². The fourth-order valence-electron chi connectivity index (χ4n) is 6.54. The van der Waals surface area contributed by atoms with Crippen molar-refractivity contribution in [2.24, 2.45) is 0 Å². The quantitative estimate of drug-likeness (QED) is 0.129. The first-order valence-corrected chi connectivity index (χ1v) is 17.0. The van der Waals surface area contributed by atoms with Crippen molar-refractivity contribution in [2.45, 2.75) is 25.9 Å². The lowest BCUT2D eigenvalue weighted by molar-refractivity contribution is 0.0579. The number of halogens is 3. The molecule has 6 aromatic rings. The van der Waals surface area contributed by atoms with Crippen molar-refractivity contribution in [3.63, 3.8) is 0 Å². The van der Waals surface area contributed by atoms with Gasteiger partial charge in [0.1, 0.15) is 5.15 Å². The highest BCUT2D eigenvalue weighted by Gasteiger charge is 2.40. The van der Waals surface area contributed by atoms with Crippen LogP contribution < -0.4 is 0 Å². The number of aromatic nitrogens is 2. The largest absolute Gasteiger partial charge is 0.269 e. The lowest BCUT2D eigenvalue weighted by atomic mass is 10.0. The lowest BCUT2D eigenvalue weighted by Crippen LogP contribution is -2.33. The van der Waals surface area contributed by atoms with Crippen molar-refractivity contribution in [3.8, 4) is 0 Å². The number of hydrogen-bond acceptors (Lipinski definition) is 6. The van der Waals surface area contributed by atoms with E-state index in [1.807, 2.05) is 43.3 Å². The Kier molecular flexibility index (Phi) is 8.93. The smallest absolute Gasteiger partial charge is 0.262 e. The Morgan fingerprint density at radius 3 is 1.39 bits per heavy atom. The third-order valence-electron chi connectivity index (χ3n) is 9.15. The van der Waals surface area contributed by atoms with Crippen molar-refractivity contribution in [2.75, 3.05) is 0 Å². The number of hydrogen-bond donors (Lipinski definition) is 0. The highest BCUT2D eigenvalue weighted by atomic mass is 35.5. The van der Waals surface area contributed by atoms with E-state index in [1.54, 1.807) is 73.7 Å². The number of benzene rings is 4. The summed E-state index contributed by atoms with van der Waals surface area (Å²) in [5.74, 6) is -1.23. The molecule has 0 aliphatic carbocycles. The van der Waals surface area contributed by atoms with Crippen LogP contribution in [0.25, 0.3) is 27.9 Å². The van der Waals surface area contributed by atoms with Gasteiger partial charge in [0.25, 0.3) is 23.6 Å². The van der Waals surface area contributed by atoms with Gasteiger partial charge in [-0.3, -0.25) is 29.0 Å². The number of amides is 4. The molecule has 252 valence electrons. The zero-order chi connectivity index (χ0) is 36.1. The SMILES string of the molecule is C=Cc1nc2c(Cl)cccc2cc1[C@H](C)N1C(=O)c2ccccc2C1=O.C[C@@H](c1cc2cccc(Cl)c2nc1Cl)N1C(=O)c2ccccc2C1=O. The predicted molar refractivity (Wildman–Crippen MR) is 199 cm³/mol. The van der Waals surface area contributed by atoms with Gasteiger partial charge < -0.3 is 0 Å². The minimum Gasteiger partial charge on any atom is -0.269 e. The molecule has 4 aromatic carbocycles. The Bertz CT molecular complexity index is 2410. The van der Waals surface area contributed by atoms with Gasteiger partial charge in [0.2, 0.25) is 0 Å². The molecule has 0 fully saturated rings. The number of pyridine rings is 2. The number of imide groups is 2. The van der Waals surface area contributed by atoms with Crippen LogP contribution in [0.4, 0.5) is 0 Å². The molecule has 4 heterocycles. The summed E-state index contributed by atoms with van der Waals surface area (Å²) in [5, 5.41) is 2.92. The molecule has 0 saturated carbocycles. The molecule has 0 N–H and O–H groups in total. The van der Waals surface area contributed by atoms with E-state index in [0.717, 1.165) is 16.3 Å². The maximum Gasteiger partial charge on any atom is 0.262 e. The minimum absolute atomic E-state index is 0.227. The standard InChI is InChI=1S/C21H15ClN2O2.C19H12Cl2N2O2/c1-3-18-16(11-13-7-6-10-17(22)19(13)23-18)12(2)24-20(25)14-8-4-5-9-15(14)21(24)26;1-10(23-18(24)12-6-2-3-7-13(12)19(23)25)14-9-11-5-4-8-15(20)16(11)22-17(14)21/h3-12H,1H2,2H3;2-10H,1H3/t12-;10-/m00/s1. The van der Waals surface area contributed by atoms with Crippen LogP contribution in [0, 0.1) is 0 Å². The van der Waals surface area contributed by atoms with Gasteiger partial charge in [-0.2, -0.15) is 0 Å². The molecule has 0 bridgehead atoms. The van der Waals surface area contributed by atoms with Crippen LogP contribution >= 0.6 is 34.8 Å². The first kappa shape index (κ1) is 34.1. The molecule has 0 radical (unpaired) electrons. The van der Waals surface area contributed by atoms with Gasteiger partial charge in [-0.1, -0.05) is 89.9 Å². The molecule has 0 spiro atoms. The van der Waals surface area contributed by atoms with E-state index >= 15 is 0 Å². The molecule has 8 rings (SSSR count). The van der Waals surface area contributed by atoms with Gasteiger partial charge in [-0.05, 0) is 68.5 Å². The Balaban J connectivity index is 0.000000159. The highest BCUT2D eigenvalue weighted by Crippen LogP contribution is 2.37. The van der Waals surface area contributed by atoms with Crippen LogP contribution in [0.15, 0.2) is 104 Å². The Labute approximate surface area is 307 Å². The average Bonchev–Trinajstić information content (AvgIpc) is 3.55. The monoisotopic (exact) mass is 732 g/mol. The van der Waals surface area contributed by atoms with Gasteiger partial charge in [0, 0.05) is 21.9 Å². The Hall–Kier alpha value is -5.41. The summed E-state index contributed by atoms with van der Waals surface area (Å²) in [6.07, 6.45) is 1.62. The predicted octanol–water partition coefficient (Wildman–Crippen LogP) is 9.79. The van der Waals surface area contributed by atoms with E-state index in [-0.39, 0.29) is 28.8 Å². The summed E-state index contributed by atoms with van der Waals surface area (Å²) in [4.78, 5) is 62.3. The minimum atomic E-state index is -0.546. The van der Waals surface area contributed by atoms with Crippen LogP contribution in [0.1, 0.15) is 84.2 Å². The normalized spacial score (nSPS) is 14.8. The molecule has 2 atom stereocenters. The number of fused-ring (bicyclic) bond motifs is 4. The second kappa shape index (κ2) is 13.4. The van der Waals surface area contributed by atoms with Crippen molar-refractivity contribution >= 4 is 86.3 Å². The number of carbonyl (C=O) groups excluding carboxylic acids is 4. The maximum atomic E-state index is 12.8. The van der Waals surface area contributed by atoms with Crippen LogP contribution in [-0.4, -0.2) is 43.4 Å². The molecule has 0 unspecified atom stereocenters. The summed E-state index contributed by atoms with van der Waals surface area (Å²) in [5.41, 5.74) is 4.90.